The molecule has 0 N–H and O–H groups in total. The van der Waals surface area contributed by atoms with Gasteiger partial charge in [-0.05, 0) is 30.7 Å². The average molecular weight is 379 g/mol. The zero-order valence-corrected chi connectivity index (χ0v) is 14.7. The van der Waals surface area contributed by atoms with Crippen LogP contribution in [0.3, 0.4) is 0 Å². The molecule has 0 atom stereocenters. The quantitative estimate of drug-likeness (QED) is 0.512. The first kappa shape index (κ1) is 18.8. The van der Waals surface area contributed by atoms with Crippen molar-refractivity contribution in [3.05, 3.63) is 60.2 Å². The highest BCUT2D eigenvalue weighted by Crippen LogP contribution is 2.08. The predicted molar refractivity (Wildman–Crippen MR) is 82.4 cm³/mol. The monoisotopic (exact) mass is 378 g/mol. The number of carbonyl (C=O) groups is 2. The zero-order chi connectivity index (χ0) is 15.9. The summed E-state index contributed by atoms with van der Waals surface area (Å²) in [6.07, 6.45) is 9.27. The fourth-order valence-electron chi connectivity index (χ4n) is 1.94. The van der Waals surface area contributed by atoms with E-state index in [1.807, 2.05) is 35.0 Å². The summed E-state index contributed by atoms with van der Waals surface area (Å²) >= 11 is 0. The molecule has 0 spiro atoms. The number of rotatable bonds is 5. The van der Waals surface area contributed by atoms with Gasteiger partial charge in [-0.15, -0.1) is 0 Å². The SMILES string of the molecule is CCOC(=O)c1ccc(/C=C/Cn2cc[n+](C(C)=O)c2)cc1.[Br-]. The number of imidazole rings is 1. The van der Waals surface area contributed by atoms with E-state index in [-0.39, 0.29) is 28.9 Å². The van der Waals surface area contributed by atoms with Crippen molar-refractivity contribution in [1.29, 1.82) is 0 Å². The standard InChI is InChI=1S/C17H19N2O3.BrH/c1-3-22-17(21)16-8-6-15(7-9-16)5-4-10-18-11-12-19(13-18)14(2)20;/h4-9,11-13H,3,10H2,1-2H3;1H/q+1;/p-1/b5-4+;. The number of halogens is 1. The molecule has 6 heteroatoms. The van der Waals surface area contributed by atoms with Crippen LogP contribution < -0.4 is 21.5 Å². The zero-order valence-electron chi connectivity index (χ0n) is 13.1. The van der Waals surface area contributed by atoms with Crippen molar-refractivity contribution in [2.75, 3.05) is 6.61 Å². The van der Waals surface area contributed by atoms with Crippen LogP contribution in [0.1, 0.15) is 34.6 Å². The van der Waals surface area contributed by atoms with Gasteiger partial charge < -0.3 is 21.7 Å². The second-order valence-corrected chi connectivity index (χ2v) is 4.78. The minimum atomic E-state index is -0.306. The van der Waals surface area contributed by atoms with E-state index in [1.165, 1.54) is 11.5 Å². The number of esters is 1. The van der Waals surface area contributed by atoms with Crippen molar-refractivity contribution in [2.24, 2.45) is 0 Å². The molecule has 0 aliphatic rings. The lowest BCUT2D eigenvalue weighted by Gasteiger charge is -2.01. The predicted octanol–water partition coefficient (Wildman–Crippen LogP) is -0.670. The molecule has 0 radical (unpaired) electrons. The minimum Gasteiger partial charge on any atom is -1.00 e. The highest BCUT2D eigenvalue weighted by atomic mass is 79.9. The molecule has 0 amide bonds. The van der Waals surface area contributed by atoms with E-state index in [9.17, 15) is 9.59 Å². The summed E-state index contributed by atoms with van der Waals surface area (Å²) in [5, 5.41) is 0. The number of benzene rings is 1. The Morgan fingerprint density at radius 3 is 2.52 bits per heavy atom. The van der Waals surface area contributed by atoms with Crippen molar-refractivity contribution in [3.8, 4) is 0 Å². The van der Waals surface area contributed by atoms with Crippen LogP contribution in [0.15, 0.2) is 49.1 Å². The average Bonchev–Trinajstić information content (AvgIpc) is 2.97. The van der Waals surface area contributed by atoms with Gasteiger partial charge in [-0.2, -0.15) is 4.57 Å². The van der Waals surface area contributed by atoms with Crippen molar-refractivity contribution in [2.45, 2.75) is 20.4 Å². The highest BCUT2D eigenvalue weighted by molar-refractivity contribution is 5.89. The van der Waals surface area contributed by atoms with Gasteiger partial charge in [0.2, 0.25) is 0 Å². The molecule has 2 aromatic rings. The maximum Gasteiger partial charge on any atom is 0.338 e. The van der Waals surface area contributed by atoms with Gasteiger partial charge in [0.25, 0.3) is 6.33 Å². The second-order valence-electron chi connectivity index (χ2n) is 4.78. The molecule has 0 aliphatic carbocycles. The molecule has 5 nitrogen and oxygen atoms in total. The van der Waals surface area contributed by atoms with Gasteiger partial charge in [0.05, 0.1) is 12.2 Å². The summed E-state index contributed by atoms with van der Waals surface area (Å²) < 4.78 is 8.38. The van der Waals surface area contributed by atoms with E-state index in [1.54, 1.807) is 31.6 Å². The van der Waals surface area contributed by atoms with Gasteiger partial charge in [0.15, 0.2) is 0 Å². The summed E-state index contributed by atoms with van der Waals surface area (Å²) in [6, 6.07) is 7.23. The van der Waals surface area contributed by atoms with Gasteiger partial charge >= 0.3 is 11.9 Å². The lowest BCUT2D eigenvalue weighted by Crippen LogP contribution is -3.00. The number of hydrogen-bond donors (Lipinski definition) is 0. The molecular weight excluding hydrogens is 360 g/mol. The maximum atomic E-state index is 11.5. The van der Waals surface area contributed by atoms with Crippen molar-refractivity contribution >= 4 is 18.0 Å². The molecule has 0 saturated carbocycles. The molecule has 0 bridgehead atoms. The number of carbonyl (C=O) groups excluding carboxylic acids is 2. The molecule has 0 saturated heterocycles. The third kappa shape index (κ3) is 5.49. The molecule has 1 aromatic heterocycles. The van der Waals surface area contributed by atoms with Crippen LogP contribution in [0, 0.1) is 0 Å². The van der Waals surface area contributed by atoms with Crippen LogP contribution in [0.25, 0.3) is 6.08 Å². The Labute approximate surface area is 146 Å². The summed E-state index contributed by atoms with van der Waals surface area (Å²) in [7, 11) is 0. The highest BCUT2D eigenvalue weighted by Gasteiger charge is 2.06. The minimum absolute atomic E-state index is 0. The van der Waals surface area contributed by atoms with Gasteiger partial charge in [-0.3, -0.25) is 0 Å². The Kier molecular flexibility index (Phi) is 7.41. The molecule has 1 aromatic carbocycles. The van der Waals surface area contributed by atoms with E-state index in [0.29, 0.717) is 18.7 Å². The molecular formula is C17H19BrN2O3. The normalized spacial score (nSPS) is 10.3. The number of allylic oxidation sites excluding steroid dienone is 1. The fourth-order valence-corrected chi connectivity index (χ4v) is 1.94. The number of ether oxygens (including phenoxy) is 1. The van der Waals surface area contributed by atoms with E-state index in [0.717, 1.165) is 5.56 Å². The van der Waals surface area contributed by atoms with E-state index in [4.69, 9.17) is 4.74 Å². The lowest BCUT2D eigenvalue weighted by molar-refractivity contribution is -0.572. The van der Waals surface area contributed by atoms with Gasteiger partial charge in [-0.1, -0.05) is 18.2 Å². The largest absolute Gasteiger partial charge is 1.00 e. The van der Waals surface area contributed by atoms with E-state index >= 15 is 0 Å². The molecule has 2 rings (SSSR count). The Morgan fingerprint density at radius 2 is 1.96 bits per heavy atom. The molecule has 0 unspecified atom stereocenters. The van der Waals surface area contributed by atoms with Gasteiger partial charge in [0.1, 0.15) is 18.9 Å². The smallest absolute Gasteiger partial charge is 0.338 e. The van der Waals surface area contributed by atoms with Crippen LogP contribution in [-0.2, 0) is 11.3 Å². The maximum absolute atomic E-state index is 11.5. The number of nitrogens with zero attached hydrogens (tertiary/aromatic N) is 2. The van der Waals surface area contributed by atoms with E-state index < -0.39 is 0 Å². The molecule has 122 valence electrons. The fraction of sp³-hybridized carbons (Fsp3) is 0.235. The van der Waals surface area contributed by atoms with Gasteiger partial charge in [-0.25, -0.2) is 14.2 Å². The summed E-state index contributed by atoms with van der Waals surface area (Å²) in [6.45, 7) is 4.34. The third-order valence-electron chi connectivity index (χ3n) is 3.10. The van der Waals surface area contributed by atoms with Crippen LogP contribution in [-0.4, -0.2) is 23.1 Å². The van der Waals surface area contributed by atoms with Crippen molar-refractivity contribution in [3.63, 3.8) is 0 Å². The Bertz CT molecular complexity index is 690. The topological polar surface area (TPSA) is 52.2 Å². The molecule has 23 heavy (non-hydrogen) atoms. The van der Waals surface area contributed by atoms with Gasteiger partial charge in [0, 0.05) is 6.92 Å². The van der Waals surface area contributed by atoms with Crippen LogP contribution >= 0.6 is 0 Å². The second kappa shape index (κ2) is 9.05. The molecule has 1 heterocycles. The van der Waals surface area contributed by atoms with Crippen LogP contribution in [0.2, 0.25) is 0 Å². The van der Waals surface area contributed by atoms with Crippen molar-refractivity contribution < 1.29 is 35.9 Å². The summed E-state index contributed by atoms with van der Waals surface area (Å²) in [4.78, 5) is 22.7. The van der Waals surface area contributed by atoms with Crippen molar-refractivity contribution in [1.82, 2.24) is 4.57 Å². The number of aromatic nitrogens is 2. The van der Waals surface area contributed by atoms with Crippen LogP contribution in [0.5, 0.6) is 0 Å². The summed E-state index contributed by atoms with van der Waals surface area (Å²) in [5.41, 5.74) is 1.55. The first-order chi connectivity index (χ1) is 10.6. The Morgan fingerprint density at radius 1 is 1.26 bits per heavy atom. The van der Waals surface area contributed by atoms with E-state index in [2.05, 4.69) is 0 Å². The first-order valence-corrected chi connectivity index (χ1v) is 7.12. The molecule has 0 aliphatic heterocycles. The Hall–Kier alpha value is -2.21. The molecule has 0 fully saturated rings. The first-order valence-electron chi connectivity index (χ1n) is 7.12. The van der Waals surface area contributed by atoms with Crippen LogP contribution in [0.4, 0.5) is 0 Å². The lowest BCUT2D eigenvalue weighted by atomic mass is 10.1. The third-order valence-corrected chi connectivity index (χ3v) is 3.10. The summed E-state index contributed by atoms with van der Waals surface area (Å²) in [5.74, 6) is -0.323. The number of hydrogen-bond acceptors (Lipinski definition) is 3. The Balaban J connectivity index is 0.00000264.